The molecular weight excluding hydrogens is 342 g/mol. The molecule has 2 heterocycles. The Morgan fingerprint density at radius 1 is 1.24 bits per heavy atom. The zero-order chi connectivity index (χ0) is 18.0. The van der Waals surface area contributed by atoms with Gasteiger partial charge in [0.15, 0.2) is 6.23 Å². The average Bonchev–Trinajstić information content (AvgIpc) is 2.98. The van der Waals surface area contributed by atoms with Crippen LogP contribution < -0.4 is 9.62 Å². The van der Waals surface area contributed by atoms with Crippen LogP contribution in [0, 0.1) is 0 Å². The smallest absolute Gasteiger partial charge is 0.219 e. The molecule has 1 atom stereocenters. The van der Waals surface area contributed by atoms with E-state index < -0.39 is 16.3 Å². The third-order valence-electron chi connectivity index (χ3n) is 3.66. The Morgan fingerprint density at radius 3 is 2.72 bits per heavy atom. The normalized spacial score (nSPS) is 13.1. The number of aromatic nitrogens is 1. The molecule has 0 aliphatic rings. The van der Waals surface area contributed by atoms with Gasteiger partial charge in [0.05, 0.1) is 5.69 Å². The molecule has 0 fully saturated rings. The highest BCUT2D eigenvalue weighted by molar-refractivity contribution is 7.88. The summed E-state index contributed by atoms with van der Waals surface area (Å²) in [5, 5.41) is 11.0. The molecule has 2 aromatic heterocycles. The molecule has 25 heavy (non-hydrogen) atoms. The van der Waals surface area contributed by atoms with Crippen molar-refractivity contribution in [1.82, 2.24) is 9.71 Å². The first kappa shape index (κ1) is 17.4. The lowest BCUT2D eigenvalue weighted by Gasteiger charge is -2.11. The summed E-state index contributed by atoms with van der Waals surface area (Å²) in [6.07, 6.45) is 0.0481. The number of hydrogen-bond acceptors (Lipinski definition) is 6. The van der Waals surface area contributed by atoms with Crippen LogP contribution in [-0.4, -0.2) is 32.6 Å². The van der Waals surface area contributed by atoms with Crippen LogP contribution in [0.1, 0.15) is 17.7 Å². The lowest BCUT2D eigenvalue weighted by molar-refractivity contribution is 0.141. The van der Waals surface area contributed by atoms with Crippen LogP contribution in [0.2, 0.25) is 0 Å². The molecule has 2 N–H and O–H groups in total. The predicted molar refractivity (Wildman–Crippen MR) is 95.5 cm³/mol. The van der Waals surface area contributed by atoms with Crippen molar-refractivity contribution in [2.45, 2.75) is 12.0 Å². The number of benzene rings is 1. The number of nitrogens with zero attached hydrogens (tertiary/aromatic N) is 2. The van der Waals surface area contributed by atoms with Crippen molar-refractivity contribution in [3.63, 3.8) is 0 Å². The quantitative estimate of drug-likeness (QED) is 0.652. The van der Waals surface area contributed by atoms with Crippen molar-refractivity contribution >= 4 is 26.7 Å². The third-order valence-corrected chi connectivity index (χ3v) is 4.92. The van der Waals surface area contributed by atoms with Gasteiger partial charge < -0.3 is 14.4 Å². The number of anilines is 1. The van der Waals surface area contributed by atoms with Crippen LogP contribution in [0.4, 0.5) is 5.69 Å². The van der Waals surface area contributed by atoms with Crippen molar-refractivity contribution < 1.29 is 17.9 Å². The van der Waals surface area contributed by atoms with Crippen LogP contribution in [0.5, 0.6) is 0 Å². The summed E-state index contributed by atoms with van der Waals surface area (Å²) in [5.74, 6) is -0.189. The molecule has 0 saturated heterocycles. The van der Waals surface area contributed by atoms with Gasteiger partial charge in [-0.25, -0.2) is 8.42 Å². The summed E-state index contributed by atoms with van der Waals surface area (Å²) in [6.45, 7) is 0. The molecule has 0 aliphatic heterocycles. The number of aliphatic hydroxyl groups excluding tert-OH is 1. The first-order valence-electron chi connectivity index (χ1n) is 7.63. The Hall–Kier alpha value is -2.42. The Morgan fingerprint density at radius 2 is 2.04 bits per heavy atom. The predicted octanol–water partition coefficient (Wildman–Crippen LogP) is 2.00. The third kappa shape index (κ3) is 4.16. The summed E-state index contributed by atoms with van der Waals surface area (Å²) in [7, 11) is 0.0449. The van der Waals surface area contributed by atoms with Gasteiger partial charge in [0.2, 0.25) is 10.0 Å². The molecule has 0 aliphatic carbocycles. The standard InChI is InChI=1S/C17H19N3O4S/c1-20(2)14-7-6-12-9-16(24-15(12)10-14)17(21)19-25(22,23)11-13-5-3-4-8-18-13/h3-10,17,19,21H,11H2,1-2H3. The van der Waals surface area contributed by atoms with E-state index in [0.29, 0.717) is 11.3 Å². The minimum Gasteiger partial charge on any atom is -0.457 e. The maximum atomic E-state index is 12.2. The minimum atomic E-state index is -3.77. The summed E-state index contributed by atoms with van der Waals surface area (Å²) < 4.78 is 32.2. The van der Waals surface area contributed by atoms with Gasteiger partial charge >= 0.3 is 0 Å². The van der Waals surface area contributed by atoms with Crippen LogP contribution in [0.15, 0.2) is 53.1 Å². The number of furan rings is 1. The maximum absolute atomic E-state index is 12.2. The van der Waals surface area contributed by atoms with Crippen LogP contribution in [0.25, 0.3) is 11.0 Å². The highest BCUT2D eigenvalue weighted by Crippen LogP contribution is 2.27. The van der Waals surface area contributed by atoms with Gasteiger partial charge in [0.1, 0.15) is 17.1 Å². The molecule has 0 radical (unpaired) electrons. The van der Waals surface area contributed by atoms with Gasteiger partial charge in [0.25, 0.3) is 0 Å². The number of sulfonamides is 1. The SMILES string of the molecule is CN(C)c1ccc2cc(C(O)NS(=O)(=O)Cc3ccccn3)oc2c1. The second-order valence-electron chi connectivity index (χ2n) is 5.87. The first-order chi connectivity index (χ1) is 11.8. The molecule has 8 heteroatoms. The number of rotatable bonds is 6. The summed E-state index contributed by atoms with van der Waals surface area (Å²) in [5.41, 5.74) is 1.91. The van der Waals surface area contributed by atoms with E-state index in [2.05, 4.69) is 9.71 Å². The van der Waals surface area contributed by atoms with Crippen molar-refractivity contribution in [2.75, 3.05) is 19.0 Å². The van der Waals surface area contributed by atoms with Gasteiger partial charge in [-0.1, -0.05) is 6.07 Å². The molecule has 1 unspecified atom stereocenters. The number of aliphatic hydroxyl groups is 1. The molecule has 3 rings (SSSR count). The monoisotopic (exact) mass is 361 g/mol. The van der Waals surface area contributed by atoms with E-state index in [-0.39, 0.29) is 11.5 Å². The molecule has 0 bridgehead atoms. The number of hydrogen-bond donors (Lipinski definition) is 2. The average molecular weight is 361 g/mol. The fraction of sp³-hybridized carbons (Fsp3) is 0.235. The van der Waals surface area contributed by atoms with Crippen LogP contribution in [0.3, 0.4) is 0 Å². The van der Waals surface area contributed by atoms with Crippen LogP contribution in [-0.2, 0) is 15.8 Å². The zero-order valence-electron chi connectivity index (χ0n) is 13.9. The lowest BCUT2D eigenvalue weighted by atomic mass is 10.2. The maximum Gasteiger partial charge on any atom is 0.219 e. The van der Waals surface area contributed by atoms with E-state index in [1.807, 2.05) is 37.2 Å². The second kappa shape index (κ2) is 6.83. The molecule has 3 aromatic rings. The van der Waals surface area contributed by atoms with Gasteiger partial charge in [0, 0.05) is 37.4 Å². The van der Waals surface area contributed by atoms with Crippen molar-refractivity contribution in [2.24, 2.45) is 0 Å². The van der Waals surface area contributed by atoms with Crippen molar-refractivity contribution in [1.29, 1.82) is 0 Å². The van der Waals surface area contributed by atoms with Gasteiger partial charge in [-0.2, -0.15) is 4.72 Å². The van der Waals surface area contributed by atoms with Crippen molar-refractivity contribution in [3.8, 4) is 0 Å². The Labute approximate surface area is 146 Å². The fourth-order valence-electron chi connectivity index (χ4n) is 2.40. The van der Waals surface area contributed by atoms with E-state index in [1.165, 1.54) is 6.20 Å². The number of pyridine rings is 1. The molecule has 0 spiro atoms. The summed E-state index contributed by atoms with van der Waals surface area (Å²) >= 11 is 0. The van der Waals surface area contributed by atoms with E-state index in [4.69, 9.17) is 4.42 Å². The topological polar surface area (TPSA) is 95.7 Å². The Kier molecular flexibility index (Phi) is 4.76. The molecule has 7 nitrogen and oxygen atoms in total. The van der Waals surface area contributed by atoms with Gasteiger partial charge in [-0.15, -0.1) is 0 Å². The molecule has 132 valence electrons. The van der Waals surface area contributed by atoms with E-state index >= 15 is 0 Å². The molecular formula is C17H19N3O4S. The Bertz CT molecular complexity index is 968. The minimum absolute atomic E-state index is 0.135. The fourth-order valence-corrected chi connectivity index (χ4v) is 3.50. The van der Waals surface area contributed by atoms with Crippen molar-refractivity contribution in [3.05, 3.63) is 60.1 Å². The largest absolute Gasteiger partial charge is 0.457 e. The van der Waals surface area contributed by atoms with E-state index in [1.54, 1.807) is 24.3 Å². The van der Waals surface area contributed by atoms with Crippen LogP contribution >= 0.6 is 0 Å². The summed E-state index contributed by atoms with van der Waals surface area (Å²) in [4.78, 5) is 5.90. The molecule has 0 amide bonds. The van der Waals surface area contributed by atoms with Gasteiger partial charge in [-0.3, -0.25) is 4.98 Å². The number of fused-ring (bicyclic) bond motifs is 1. The zero-order valence-corrected chi connectivity index (χ0v) is 14.7. The summed E-state index contributed by atoms with van der Waals surface area (Å²) in [6, 6.07) is 12.2. The van der Waals surface area contributed by atoms with E-state index in [0.717, 1.165) is 11.1 Å². The number of nitrogens with one attached hydrogen (secondary N) is 1. The first-order valence-corrected chi connectivity index (χ1v) is 9.28. The molecule has 0 saturated carbocycles. The molecule has 1 aromatic carbocycles. The highest BCUT2D eigenvalue weighted by atomic mass is 32.2. The highest BCUT2D eigenvalue weighted by Gasteiger charge is 2.21. The lowest BCUT2D eigenvalue weighted by Crippen LogP contribution is -2.29. The second-order valence-corrected chi connectivity index (χ2v) is 7.62. The van der Waals surface area contributed by atoms with Gasteiger partial charge in [-0.05, 0) is 30.3 Å². The van der Waals surface area contributed by atoms with E-state index in [9.17, 15) is 13.5 Å². The Balaban J connectivity index is 1.78.